The molecule has 0 saturated carbocycles. The molecule has 3 heterocycles. The predicted molar refractivity (Wildman–Crippen MR) is 282 cm³/mol. The summed E-state index contributed by atoms with van der Waals surface area (Å²) in [6, 6.07) is 93.1. The minimum atomic E-state index is -0.703. The van der Waals surface area contributed by atoms with Crippen molar-refractivity contribution < 1.29 is 0 Å². The van der Waals surface area contributed by atoms with Crippen molar-refractivity contribution in [2.45, 2.75) is 5.41 Å². The number of anilines is 3. The van der Waals surface area contributed by atoms with Crippen LogP contribution in [0.3, 0.4) is 0 Å². The van der Waals surface area contributed by atoms with Crippen molar-refractivity contribution in [3.63, 3.8) is 0 Å². The second-order valence-electron chi connectivity index (χ2n) is 17.6. The maximum Gasteiger partial charge on any atom is 0.238 e. The van der Waals surface area contributed by atoms with Gasteiger partial charge in [0.1, 0.15) is 0 Å². The molecule has 69 heavy (non-hydrogen) atoms. The Labute approximate surface area is 401 Å². The van der Waals surface area contributed by atoms with Gasteiger partial charge in [-0.25, -0.2) is 4.98 Å². The molecular weight excluding hydrogens is 839 g/mol. The van der Waals surface area contributed by atoms with Crippen molar-refractivity contribution in [2.75, 3.05) is 4.90 Å². The van der Waals surface area contributed by atoms with Crippen LogP contribution in [0.5, 0.6) is 0 Å². The van der Waals surface area contributed by atoms with Crippen molar-refractivity contribution in [1.29, 1.82) is 0 Å². The molecule has 0 spiro atoms. The Morgan fingerprint density at radius 3 is 1.32 bits per heavy atom. The van der Waals surface area contributed by atoms with Crippen LogP contribution in [0, 0.1) is 0 Å². The molecule has 10 aromatic carbocycles. The van der Waals surface area contributed by atoms with Crippen LogP contribution in [0.4, 0.5) is 17.1 Å². The number of aromatic nitrogens is 4. The molecule has 0 N–H and O–H groups in total. The highest BCUT2D eigenvalue weighted by molar-refractivity contribution is 6.12. The van der Waals surface area contributed by atoms with Crippen molar-refractivity contribution >= 4 is 38.9 Å². The second kappa shape index (κ2) is 16.6. The van der Waals surface area contributed by atoms with Gasteiger partial charge < -0.3 is 4.90 Å². The van der Waals surface area contributed by atoms with E-state index in [0.717, 1.165) is 77.8 Å². The van der Waals surface area contributed by atoms with Crippen LogP contribution in [0.15, 0.2) is 261 Å². The lowest BCUT2D eigenvalue weighted by atomic mass is 9.62. The lowest BCUT2D eigenvalue weighted by Crippen LogP contribution is -2.37. The summed E-state index contributed by atoms with van der Waals surface area (Å²) >= 11 is 0. The van der Waals surface area contributed by atoms with Gasteiger partial charge in [0, 0.05) is 27.6 Å². The molecule has 0 amide bonds. The van der Waals surface area contributed by atoms with E-state index in [-0.39, 0.29) is 0 Å². The fraction of sp³-hybridized carbons (Fsp3) is 0.0156. The lowest BCUT2D eigenvalue weighted by molar-refractivity contribution is 0.732. The van der Waals surface area contributed by atoms with Crippen molar-refractivity contribution in [3.8, 4) is 51.0 Å². The molecule has 12 aromatic rings. The molecule has 0 fully saturated rings. The number of benzene rings is 10. The third-order valence-corrected chi connectivity index (χ3v) is 13.7. The number of rotatable bonds is 8. The minimum absolute atomic E-state index is 0.543. The fourth-order valence-corrected chi connectivity index (χ4v) is 10.6. The van der Waals surface area contributed by atoms with Gasteiger partial charge in [-0.05, 0) is 80.9 Å². The van der Waals surface area contributed by atoms with Crippen molar-refractivity contribution in [2.24, 2.45) is 0 Å². The zero-order chi connectivity index (χ0) is 45.7. The highest BCUT2D eigenvalue weighted by atomic mass is 15.2. The van der Waals surface area contributed by atoms with E-state index >= 15 is 0 Å². The SMILES string of the molecule is c1ccc(-c2ccc(-c3nc(-c4ccc(-c5ccccc5)cc4)nc(-n4c5ccccc5c5cc6c(cc54)C(c4ccccc4)(c4ccccc4)c4ccccc4N6c4ccccc4)n3)cc2)cc1. The van der Waals surface area contributed by atoms with Crippen LogP contribution in [0.2, 0.25) is 0 Å². The van der Waals surface area contributed by atoms with Crippen LogP contribution in [-0.2, 0) is 5.41 Å². The molecule has 13 rings (SSSR count). The third kappa shape index (κ3) is 6.66. The fourth-order valence-electron chi connectivity index (χ4n) is 10.6. The average molecular weight is 882 g/mol. The molecule has 1 aliphatic heterocycles. The Hall–Kier alpha value is -9.19. The average Bonchev–Trinajstić information content (AvgIpc) is 3.76. The summed E-state index contributed by atoms with van der Waals surface area (Å²) in [6.45, 7) is 0. The third-order valence-electron chi connectivity index (χ3n) is 13.7. The second-order valence-corrected chi connectivity index (χ2v) is 17.6. The number of para-hydroxylation sites is 3. The number of hydrogen-bond acceptors (Lipinski definition) is 4. The molecule has 0 bridgehead atoms. The molecule has 5 heteroatoms. The van der Waals surface area contributed by atoms with E-state index in [2.05, 4.69) is 258 Å². The monoisotopic (exact) mass is 881 g/mol. The standard InChI is InChI=1S/C64H43N5/c1-6-20-44(21-7-1)46-34-38-48(39-35-46)61-65-62(49-40-36-47(37-41-49)45-22-8-2-9-23-45)67-63(66-61)69-57-32-18-16-30-53(57)54-42-60-56(43-59(54)69)64(50-24-10-3-11-25-50,51-26-12-4-13-27-51)55-31-17-19-33-58(55)68(60)52-28-14-5-15-29-52/h1-43H. The Balaban J connectivity index is 1.10. The first-order valence-corrected chi connectivity index (χ1v) is 23.4. The van der Waals surface area contributed by atoms with Gasteiger partial charge in [0.15, 0.2) is 11.6 Å². The van der Waals surface area contributed by atoms with Crippen LogP contribution in [0.25, 0.3) is 72.8 Å². The van der Waals surface area contributed by atoms with E-state index in [4.69, 9.17) is 15.0 Å². The van der Waals surface area contributed by atoms with Crippen LogP contribution < -0.4 is 4.90 Å². The van der Waals surface area contributed by atoms with E-state index in [1.807, 2.05) is 12.1 Å². The summed E-state index contributed by atoms with van der Waals surface area (Å²) < 4.78 is 2.25. The molecule has 0 saturated heterocycles. The summed E-state index contributed by atoms with van der Waals surface area (Å²) in [6.07, 6.45) is 0. The van der Waals surface area contributed by atoms with Gasteiger partial charge in [0.25, 0.3) is 0 Å². The van der Waals surface area contributed by atoms with Gasteiger partial charge in [-0.3, -0.25) is 4.57 Å². The highest BCUT2D eigenvalue weighted by Crippen LogP contribution is 2.59. The Kier molecular flexibility index (Phi) is 9.65. The summed E-state index contributed by atoms with van der Waals surface area (Å²) in [5, 5.41) is 2.21. The van der Waals surface area contributed by atoms with Crippen molar-refractivity contribution in [1.82, 2.24) is 19.5 Å². The maximum atomic E-state index is 5.43. The predicted octanol–water partition coefficient (Wildman–Crippen LogP) is 15.8. The van der Waals surface area contributed by atoms with Gasteiger partial charge in [0.05, 0.1) is 27.8 Å². The van der Waals surface area contributed by atoms with Gasteiger partial charge in [0.2, 0.25) is 5.95 Å². The highest BCUT2D eigenvalue weighted by Gasteiger charge is 2.47. The zero-order valence-electron chi connectivity index (χ0n) is 37.6. The molecule has 0 radical (unpaired) electrons. The quantitative estimate of drug-likeness (QED) is 0.153. The summed E-state index contributed by atoms with van der Waals surface area (Å²) in [5.41, 5.74) is 15.7. The molecular formula is C64H43N5. The van der Waals surface area contributed by atoms with Gasteiger partial charge in [-0.15, -0.1) is 0 Å². The normalized spacial score (nSPS) is 12.7. The van der Waals surface area contributed by atoms with E-state index in [0.29, 0.717) is 17.6 Å². The van der Waals surface area contributed by atoms with E-state index in [1.165, 1.54) is 16.7 Å². The van der Waals surface area contributed by atoms with E-state index in [9.17, 15) is 0 Å². The zero-order valence-corrected chi connectivity index (χ0v) is 37.6. The first kappa shape index (κ1) is 40.1. The Morgan fingerprint density at radius 1 is 0.304 bits per heavy atom. The smallest absolute Gasteiger partial charge is 0.238 e. The lowest BCUT2D eigenvalue weighted by Gasteiger charge is -2.46. The van der Waals surface area contributed by atoms with Crippen molar-refractivity contribution in [3.05, 3.63) is 283 Å². The molecule has 0 unspecified atom stereocenters. The molecule has 0 aliphatic carbocycles. The molecule has 1 aliphatic rings. The minimum Gasteiger partial charge on any atom is -0.310 e. The number of fused-ring (bicyclic) bond motifs is 5. The molecule has 0 atom stereocenters. The number of nitrogens with zero attached hydrogens (tertiary/aromatic N) is 5. The summed E-state index contributed by atoms with van der Waals surface area (Å²) in [7, 11) is 0. The first-order chi connectivity index (χ1) is 34.2. The van der Waals surface area contributed by atoms with Crippen LogP contribution in [0.1, 0.15) is 22.3 Å². The van der Waals surface area contributed by atoms with Gasteiger partial charge in [-0.1, -0.05) is 224 Å². The summed E-state index contributed by atoms with van der Waals surface area (Å²) in [4.78, 5) is 18.6. The Morgan fingerprint density at radius 2 is 0.754 bits per heavy atom. The number of hydrogen-bond donors (Lipinski definition) is 0. The topological polar surface area (TPSA) is 46.8 Å². The molecule has 324 valence electrons. The first-order valence-electron chi connectivity index (χ1n) is 23.4. The van der Waals surface area contributed by atoms with Gasteiger partial charge in [-0.2, -0.15) is 9.97 Å². The Bertz CT molecular complexity index is 3660. The molecule has 2 aromatic heterocycles. The van der Waals surface area contributed by atoms with E-state index < -0.39 is 5.41 Å². The molecule has 5 nitrogen and oxygen atoms in total. The summed E-state index contributed by atoms with van der Waals surface area (Å²) in [5.74, 6) is 1.73. The van der Waals surface area contributed by atoms with Gasteiger partial charge >= 0.3 is 0 Å². The largest absolute Gasteiger partial charge is 0.310 e. The van der Waals surface area contributed by atoms with E-state index in [1.54, 1.807) is 0 Å². The van der Waals surface area contributed by atoms with Crippen LogP contribution in [-0.4, -0.2) is 19.5 Å². The maximum absolute atomic E-state index is 5.43. The van der Waals surface area contributed by atoms with Crippen LogP contribution >= 0.6 is 0 Å².